The molecule has 0 amide bonds. The number of ketones is 1. The van der Waals surface area contributed by atoms with Crippen molar-refractivity contribution in [3.63, 3.8) is 0 Å². The van der Waals surface area contributed by atoms with Crippen molar-refractivity contribution in [3.8, 4) is 0 Å². The maximum absolute atomic E-state index is 12.0. The lowest BCUT2D eigenvalue weighted by molar-refractivity contribution is -0.146. The molecule has 0 bridgehead atoms. The first-order valence-electron chi connectivity index (χ1n) is 8.78. The van der Waals surface area contributed by atoms with Gasteiger partial charge in [-0.05, 0) is 25.3 Å². The number of ether oxygens (including phenoxy) is 1. The van der Waals surface area contributed by atoms with Gasteiger partial charge in [0.15, 0.2) is 0 Å². The summed E-state index contributed by atoms with van der Waals surface area (Å²) in [6.45, 7) is 1.98. The third-order valence-electron chi connectivity index (χ3n) is 4.55. The summed E-state index contributed by atoms with van der Waals surface area (Å²) in [6, 6.07) is 9.87. The molecule has 25 heavy (non-hydrogen) atoms. The van der Waals surface area contributed by atoms with Gasteiger partial charge in [-0.25, -0.2) is 0 Å². The Labute approximate surface area is 148 Å². The first-order chi connectivity index (χ1) is 12.0. The third kappa shape index (κ3) is 5.80. The summed E-state index contributed by atoms with van der Waals surface area (Å²) in [5.41, 5.74) is 1.14. The molecule has 2 N–H and O–H groups in total. The number of carbonyl (C=O) groups is 2. The number of carbonyl (C=O) groups excluding carboxylic acids is 2. The highest BCUT2D eigenvalue weighted by Crippen LogP contribution is 2.33. The normalized spacial score (nSPS) is 24.6. The molecule has 0 saturated heterocycles. The minimum absolute atomic E-state index is 0.0289. The van der Waals surface area contributed by atoms with Gasteiger partial charge in [0.05, 0.1) is 25.2 Å². The second-order valence-electron chi connectivity index (χ2n) is 6.41. The molecule has 1 aliphatic carbocycles. The van der Waals surface area contributed by atoms with Crippen molar-refractivity contribution in [2.24, 2.45) is 11.8 Å². The largest absolute Gasteiger partial charge is 0.466 e. The van der Waals surface area contributed by atoms with Gasteiger partial charge in [0.1, 0.15) is 5.78 Å². The van der Waals surface area contributed by atoms with Gasteiger partial charge < -0.3 is 14.9 Å². The Balaban J connectivity index is 1.91. The maximum atomic E-state index is 12.0. The summed E-state index contributed by atoms with van der Waals surface area (Å²) in [6.07, 6.45) is 3.13. The molecule has 0 radical (unpaired) electrons. The molecular formula is C20H26O5. The van der Waals surface area contributed by atoms with E-state index in [0.717, 1.165) is 12.0 Å². The van der Waals surface area contributed by atoms with E-state index in [4.69, 9.17) is 4.74 Å². The molecule has 0 unspecified atom stereocenters. The van der Waals surface area contributed by atoms with Crippen LogP contribution < -0.4 is 0 Å². The molecule has 1 saturated carbocycles. The Hall–Kier alpha value is -1.98. The van der Waals surface area contributed by atoms with E-state index in [0.29, 0.717) is 6.42 Å². The van der Waals surface area contributed by atoms with Crippen LogP contribution in [0.1, 0.15) is 31.7 Å². The van der Waals surface area contributed by atoms with Crippen LogP contribution in [-0.4, -0.2) is 40.8 Å². The zero-order valence-electron chi connectivity index (χ0n) is 14.5. The first kappa shape index (κ1) is 19.3. The van der Waals surface area contributed by atoms with Gasteiger partial charge in [0.25, 0.3) is 0 Å². The summed E-state index contributed by atoms with van der Waals surface area (Å²) < 4.78 is 4.90. The molecule has 0 aliphatic heterocycles. The van der Waals surface area contributed by atoms with Crippen LogP contribution in [0.2, 0.25) is 0 Å². The van der Waals surface area contributed by atoms with E-state index in [1.54, 1.807) is 19.1 Å². The first-order valence-corrected chi connectivity index (χ1v) is 8.78. The van der Waals surface area contributed by atoms with E-state index in [2.05, 4.69) is 0 Å². The topological polar surface area (TPSA) is 83.8 Å². The zero-order chi connectivity index (χ0) is 18.2. The standard InChI is InChI=1S/C20H26O5/c1-2-25-20(24)12-17-16(18(22)13-19(17)23)11-10-15(21)9-8-14-6-4-3-5-7-14/h3-7,10-11,15-18,21-22H,2,8-9,12-13H2,1H3/b11-10+/t15-,16+,17+,18+/m0/s1. The van der Waals surface area contributed by atoms with Gasteiger partial charge >= 0.3 is 5.97 Å². The summed E-state index contributed by atoms with van der Waals surface area (Å²) in [4.78, 5) is 23.7. The van der Waals surface area contributed by atoms with Crippen LogP contribution in [-0.2, 0) is 20.7 Å². The van der Waals surface area contributed by atoms with Gasteiger partial charge in [0, 0.05) is 18.3 Å². The van der Waals surface area contributed by atoms with Gasteiger partial charge in [-0.2, -0.15) is 0 Å². The Kier molecular flexibility index (Phi) is 7.34. The summed E-state index contributed by atoms with van der Waals surface area (Å²) in [5, 5.41) is 20.2. The van der Waals surface area contributed by atoms with E-state index >= 15 is 0 Å². The van der Waals surface area contributed by atoms with Crippen molar-refractivity contribution in [3.05, 3.63) is 48.0 Å². The monoisotopic (exact) mass is 346 g/mol. The Morgan fingerprint density at radius 2 is 2.08 bits per heavy atom. The highest BCUT2D eigenvalue weighted by Gasteiger charge is 2.41. The average Bonchev–Trinajstić information content (AvgIpc) is 2.85. The molecule has 5 heteroatoms. The lowest BCUT2D eigenvalue weighted by Crippen LogP contribution is -2.23. The Morgan fingerprint density at radius 3 is 2.76 bits per heavy atom. The van der Waals surface area contributed by atoms with E-state index in [1.165, 1.54) is 0 Å². The van der Waals surface area contributed by atoms with Crippen LogP contribution >= 0.6 is 0 Å². The van der Waals surface area contributed by atoms with Crippen LogP contribution in [0.15, 0.2) is 42.5 Å². The smallest absolute Gasteiger partial charge is 0.306 e. The molecule has 1 fully saturated rings. The summed E-state index contributed by atoms with van der Waals surface area (Å²) in [7, 11) is 0. The molecular weight excluding hydrogens is 320 g/mol. The third-order valence-corrected chi connectivity index (χ3v) is 4.55. The van der Waals surface area contributed by atoms with Crippen molar-refractivity contribution in [1.82, 2.24) is 0 Å². The lowest BCUT2D eigenvalue weighted by atomic mass is 9.90. The number of Topliss-reactive ketones (excluding diaryl/α,β-unsaturated/α-hetero) is 1. The van der Waals surface area contributed by atoms with Crippen molar-refractivity contribution < 1.29 is 24.5 Å². The number of aliphatic hydroxyl groups is 2. The van der Waals surface area contributed by atoms with Gasteiger partial charge in [-0.15, -0.1) is 0 Å². The minimum atomic E-state index is -0.815. The van der Waals surface area contributed by atoms with Crippen molar-refractivity contribution in [2.75, 3.05) is 6.61 Å². The molecule has 5 nitrogen and oxygen atoms in total. The molecule has 0 aromatic heterocycles. The predicted octanol–water partition coefficient (Wildman–Crippen LogP) is 2.06. The minimum Gasteiger partial charge on any atom is -0.466 e. The fourth-order valence-corrected chi connectivity index (χ4v) is 3.20. The molecule has 4 atom stereocenters. The van der Waals surface area contributed by atoms with E-state index in [-0.39, 0.29) is 25.2 Å². The molecule has 2 rings (SSSR count). The van der Waals surface area contributed by atoms with Crippen LogP contribution in [0.5, 0.6) is 0 Å². The molecule has 0 spiro atoms. The van der Waals surface area contributed by atoms with Gasteiger partial charge in [-0.1, -0.05) is 42.5 Å². The lowest BCUT2D eigenvalue weighted by Gasteiger charge is -2.17. The Bertz CT molecular complexity index is 595. The molecule has 1 aliphatic rings. The van der Waals surface area contributed by atoms with Crippen molar-refractivity contribution in [2.45, 2.75) is 44.8 Å². The summed E-state index contributed by atoms with van der Waals surface area (Å²) in [5.74, 6) is -1.60. The number of aryl methyl sites for hydroxylation is 1. The predicted molar refractivity (Wildman–Crippen MR) is 93.8 cm³/mol. The quantitative estimate of drug-likeness (QED) is 0.556. The van der Waals surface area contributed by atoms with Crippen LogP contribution in [0, 0.1) is 11.8 Å². The maximum Gasteiger partial charge on any atom is 0.306 e. The summed E-state index contributed by atoms with van der Waals surface area (Å²) >= 11 is 0. The fraction of sp³-hybridized carbons (Fsp3) is 0.500. The average molecular weight is 346 g/mol. The molecule has 1 aromatic rings. The van der Waals surface area contributed by atoms with E-state index in [9.17, 15) is 19.8 Å². The molecule has 136 valence electrons. The van der Waals surface area contributed by atoms with E-state index < -0.39 is 30.0 Å². The van der Waals surface area contributed by atoms with Gasteiger partial charge in [-0.3, -0.25) is 9.59 Å². The number of esters is 1. The van der Waals surface area contributed by atoms with Crippen LogP contribution in [0.3, 0.4) is 0 Å². The van der Waals surface area contributed by atoms with Crippen molar-refractivity contribution in [1.29, 1.82) is 0 Å². The highest BCUT2D eigenvalue weighted by molar-refractivity contribution is 5.88. The van der Waals surface area contributed by atoms with Crippen molar-refractivity contribution >= 4 is 11.8 Å². The van der Waals surface area contributed by atoms with Crippen LogP contribution in [0.25, 0.3) is 0 Å². The number of benzene rings is 1. The number of hydrogen-bond acceptors (Lipinski definition) is 5. The Morgan fingerprint density at radius 1 is 1.36 bits per heavy atom. The SMILES string of the molecule is CCOC(=O)C[C@H]1C(=O)C[C@@H](O)[C@@H]1/C=C/[C@@H](O)CCc1ccccc1. The number of hydrogen-bond donors (Lipinski definition) is 2. The second kappa shape index (κ2) is 9.49. The number of rotatable bonds is 8. The van der Waals surface area contributed by atoms with Crippen LogP contribution in [0.4, 0.5) is 0 Å². The molecule has 1 aromatic carbocycles. The second-order valence-corrected chi connectivity index (χ2v) is 6.41. The zero-order valence-corrected chi connectivity index (χ0v) is 14.5. The number of aliphatic hydroxyl groups excluding tert-OH is 2. The molecule has 0 heterocycles. The van der Waals surface area contributed by atoms with Gasteiger partial charge in [0.2, 0.25) is 0 Å². The highest BCUT2D eigenvalue weighted by atomic mass is 16.5. The van der Waals surface area contributed by atoms with E-state index in [1.807, 2.05) is 30.3 Å². The fourth-order valence-electron chi connectivity index (χ4n) is 3.20.